The molecule has 0 unspecified atom stereocenters. The molecule has 0 N–H and O–H groups in total. The summed E-state index contributed by atoms with van der Waals surface area (Å²) in [4.78, 5) is 0. The second-order valence-corrected chi connectivity index (χ2v) is 8.95. The first kappa shape index (κ1) is 16.1. The third kappa shape index (κ3) is 3.31. The molecule has 0 fully saturated rings. The zero-order chi connectivity index (χ0) is 28.2. The predicted octanol–water partition coefficient (Wildman–Crippen LogP) is 10.1. The molecule has 7 aromatic rings. The van der Waals surface area contributed by atoms with Crippen molar-refractivity contribution < 1.29 is 6.85 Å². The molecule has 0 saturated carbocycles. The summed E-state index contributed by atoms with van der Waals surface area (Å²) in [5.74, 6) is 0. The quantitative estimate of drug-likeness (QED) is 0.230. The highest BCUT2D eigenvalue weighted by atomic mass is 14.2. The van der Waals surface area contributed by atoms with E-state index in [0.29, 0.717) is 5.56 Å². The van der Waals surface area contributed by atoms with Crippen LogP contribution in [-0.4, -0.2) is 0 Å². The third-order valence-corrected chi connectivity index (χ3v) is 6.94. The minimum Gasteiger partial charge on any atom is -0.0622 e. The molecule has 0 atom stereocenters. The van der Waals surface area contributed by atoms with E-state index in [1.54, 1.807) is 0 Å². The molecule has 168 valence electrons. The first-order valence-electron chi connectivity index (χ1n) is 14.5. The van der Waals surface area contributed by atoms with Gasteiger partial charge in [-0.15, -0.1) is 0 Å². The summed E-state index contributed by atoms with van der Waals surface area (Å²) < 4.78 is 42.3. The number of rotatable bonds is 3. The predicted molar refractivity (Wildman–Crippen MR) is 155 cm³/mol. The Morgan fingerprint density at radius 2 is 1.00 bits per heavy atom. The van der Waals surface area contributed by atoms with Crippen molar-refractivity contribution in [1.82, 2.24) is 0 Å². The highest BCUT2D eigenvalue weighted by molar-refractivity contribution is 6.23. The summed E-state index contributed by atoms with van der Waals surface area (Å²) in [6.45, 7) is 0. The van der Waals surface area contributed by atoms with Crippen molar-refractivity contribution in [2.24, 2.45) is 0 Å². The fourth-order valence-electron chi connectivity index (χ4n) is 5.37. The van der Waals surface area contributed by atoms with Crippen molar-refractivity contribution in [2.75, 3.05) is 0 Å². The van der Waals surface area contributed by atoms with Crippen LogP contribution in [0.25, 0.3) is 65.7 Å². The third-order valence-electron chi connectivity index (χ3n) is 6.94. The molecule has 0 radical (unpaired) electrons. The molecular formula is C36H24. The molecular weight excluding hydrogens is 432 g/mol. The van der Waals surface area contributed by atoms with Crippen molar-refractivity contribution >= 4 is 32.3 Å². The van der Waals surface area contributed by atoms with E-state index in [1.165, 1.54) is 5.56 Å². The van der Waals surface area contributed by atoms with Crippen LogP contribution in [0, 0.1) is 0 Å². The van der Waals surface area contributed by atoms with Gasteiger partial charge in [-0.2, -0.15) is 0 Å². The lowest BCUT2D eigenvalue weighted by molar-refractivity contribution is 1.64. The topological polar surface area (TPSA) is 0 Å². The standard InChI is InChI=1S/C36H24/c1-3-12-25(13-4-1)27-22-23-29-28(24-27)16-11-21-30(29)36-33-19-9-7-17-31(33)35(26-14-5-2-6-15-26)32-18-8-10-20-34(32)36/h1-24H/i2D,5D,6D,14D,15D. The van der Waals surface area contributed by atoms with Gasteiger partial charge in [-0.25, -0.2) is 0 Å². The fraction of sp³-hybridized carbons (Fsp3) is 0. The molecule has 0 heterocycles. The molecule has 36 heavy (non-hydrogen) atoms. The summed E-state index contributed by atoms with van der Waals surface area (Å²) >= 11 is 0. The summed E-state index contributed by atoms with van der Waals surface area (Å²) in [5, 5.41) is 5.88. The van der Waals surface area contributed by atoms with Crippen molar-refractivity contribution in [3.05, 3.63) is 145 Å². The molecule has 0 aliphatic heterocycles. The Hall–Kier alpha value is -4.68. The second-order valence-electron chi connectivity index (χ2n) is 8.95. The van der Waals surface area contributed by atoms with E-state index >= 15 is 0 Å². The van der Waals surface area contributed by atoms with Crippen LogP contribution in [0.2, 0.25) is 0 Å². The Morgan fingerprint density at radius 1 is 0.389 bits per heavy atom. The van der Waals surface area contributed by atoms with Crippen molar-refractivity contribution in [3.63, 3.8) is 0 Å². The molecule has 0 aliphatic rings. The smallest absolute Gasteiger partial charge is 0.0622 e. The molecule has 0 aromatic heterocycles. The monoisotopic (exact) mass is 461 g/mol. The normalized spacial score (nSPS) is 13.3. The average molecular weight is 462 g/mol. The number of hydrogen-bond acceptors (Lipinski definition) is 0. The highest BCUT2D eigenvalue weighted by Crippen LogP contribution is 2.45. The summed E-state index contributed by atoms with van der Waals surface area (Å²) in [5.41, 5.74) is 5.34. The molecule has 0 bridgehead atoms. The second kappa shape index (κ2) is 8.52. The van der Waals surface area contributed by atoms with Gasteiger partial charge in [0, 0.05) is 0 Å². The summed E-state index contributed by atoms with van der Waals surface area (Å²) in [6.07, 6.45) is 0. The van der Waals surface area contributed by atoms with Crippen LogP contribution in [0.1, 0.15) is 6.85 Å². The van der Waals surface area contributed by atoms with Gasteiger partial charge >= 0.3 is 0 Å². The van der Waals surface area contributed by atoms with E-state index in [2.05, 4.69) is 60.7 Å². The molecule has 0 spiro atoms. The Morgan fingerprint density at radius 3 is 1.67 bits per heavy atom. The molecule has 0 nitrogen and oxygen atoms in total. The van der Waals surface area contributed by atoms with Crippen LogP contribution in [0.15, 0.2) is 145 Å². The van der Waals surface area contributed by atoms with E-state index in [9.17, 15) is 0 Å². The van der Waals surface area contributed by atoms with Crippen LogP contribution >= 0.6 is 0 Å². The van der Waals surface area contributed by atoms with Crippen molar-refractivity contribution in [1.29, 1.82) is 0 Å². The van der Waals surface area contributed by atoms with Crippen LogP contribution in [0.4, 0.5) is 0 Å². The summed E-state index contributed by atoms with van der Waals surface area (Å²) in [6, 6.07) is 37.8. The fourth-order valence-corrected chi connectivity index (χ4v) is 5.37. The Balaban J connectivity index is 1.59. The number of fused-ring (bicyclic) bond motifs is 3. The van der Waals surface area contributed by atoms with Gasteiger partial charge in [0.1, 0.15) is 0 Å². The van der Waals surface area contributed by atoms with E-state index in [4.69, 9.17) is 6.85 Å². The van der Waals surface area contributed by atoms with E-state index in [0.717, 1.165) is 49.0 Å². The van der Waals surface area contributed by atoms with E-state index in [1.807, 2.05) is 54.6 Å². The molecule has 7 aromatic carbocycles. The van der Waals surface area contributed by atoms with E-state index < -0.39 is 0 Å². The van der Waals surface area contributed by atoms with Crippen molar-refractivity contribution in [2.45, 2.75) is 0 Å². The Kier molecular flexibility index (Phi) is 3.80. The van der Waals surface area contributed by atoms with E-state index in [-0.39, 0.29) is 35.8 Å². The van der Waals surface area contributed by atoms with Crippen LogP contribution in [-0.2, 0) is 0 Å². The molecule has 0 aliphatic carbocycles. The lowest BCUT2D eigenvalue weighted by atomic mass is 9.84. The van der Waals surface area contributed by atoms with Gasteiger partial charge < -0.3 is 0 Å². The maximum absolute atomic E-state index is 8.77. The molecule has 0 heteroatoms. The SMILES string of the molecule is [2H]c1c([2H])c([2H])c(-c2c3ccccc3c(-c3cccc4cc(-c5ccccc5)ccc34)c3ccccc23)c([2H])c1[2H]. The minimum atomic E-state index is -0.389. The lowest BCUT2D eigenvalue weighted by Crippen LogP contribution is -1.91. The highest BCUT2D eigenvalue weighted by Gasteiger charge is 2.17. The zero-order valence-corrected chi connectivity index (χ0v) is 19.5. The maximum Gasteiger partial charge on any atom is 0.0629 e. The van der Waals surface area contributed by atoms with Gasteiger partial charge in [-0.3, -0.25) is 0 Å². The Labute approximate surface area is 218 Å². The van der Waals surface area contributed by atoms with Gasteiger partial charge in [-0.05, 0) is 71.8 Å². The van der Waals surface area contributed by atoms with Gasteiger partial charge in [-0.1, -0.05) is 139 Å². The Bertz CT molecular complexity index is 2060. The van der Waals surface area contributed by atoms with Crippen LogP contribution < -0.4 is 0 Å². The first-order valence-corrected chi connectivity index (χ1v) is 12.0. The van der Waals surface area contributed by atoms with Crippen LogP contribution in [0.5, 0.6) is 0 Å². The summed E-state index contributed by atoms with van der Waals surface area (Å²) in [7, 11) is 0. The lowest BCUT2D eigenvalue weighted by Gasteiger charge is -2.19. The zero-order valence-electron chi connectivity index (χ0n) is 24.5. The number of hydrogen-bond donors (Lipinski definition) is 0. The van der Waals surface area contributed by atoms with Gasteiger partial charge in [0.15, 0.2) is 0 Å². The first-order chi connectivity index (χ1) is 20.0. The van der Waals surface area contributed by atoms with Gasteiger partial charge in [0.25, 0.3) is 0 Å². The van der Waals surface area contributed by atoms with Crippen molar-refractivity contribution in [3.8, 4) is 33.4 Å². The van der Waals surface area contributed by atoms with Gasteiger partial charge in [0.05, 0.1) is 6.85 Å². The molecule has 0 amide bonds. The molecule has 0 saturated heterocycles. The number of benzene rings is 7. The molecule has 7 rings (SSSR count). The maximum atomic E-state index is 8.77. The van der Waals surface area contributed by atoms with Crippen LogP contribution in [0.3, 0.4) is 0 Å². The minimum absolute atomic E-state index is 0.197. The average Bonchev–Trinajstić information content (AvgIpc) is 3.02. The largest absolute Gasteiger partial charge is 0.0629 e. The van der Waals surface area contributed by atoms with Gasteiger partial charge in [0.2, 0.25) is 0 Å².